The van der Waals surface area contributed by atoms with Gasteiger partial charge in [0.25, 0.3) is 0 Å². The van der Waals surface area contributed by atoms with Crippen molar-refractivity contribution >= 4 is 6.08 Å². The Bertz CT molecular complexity index is 576. The maximum atomic E-state index is 12.7. The fraction of sp³-hybridized carbons (Fsp3) is 0.0588. The highest BCUT2D eigenvalue weighted by atomic mass is 19.1. The van der Waals surface area contributed by atoms with Crippen LogP contribution >= 0.6 is 0 Å². The van der Waals surface area contributed by atoms with Gasteiger partial charge < -0.3 is 0 Å². The van der Waals surface area contributed by atoms with Gasteiger partial charge in [0.15, 0.2) is 0 Å². The zero-order valence-corrected chi connectivity index (χ0v) is 11.1. The van der Waals surface area contributed by atoms with Gasteiger partial charge in [0.1, 0.15) is 5.82 Å². The molecule has 2 aromatic rings. The first-order valence-electron chi connectivity index (χ1n) is 6.28. The molecule has 20 heavy (non-hydrogen) atoms. The number of nitrogens with one attached hydrogen (secondary N) is 1. The van der Waals surface area contributed by atoms with Crippen LogP contribution in [-0.2, 0) is 11.4 Å². The maximum Gasteiger partial charge on any atom is 0.123 e. The smallest absolute Gasteiger partial charge is 0.123 e. The predicted molar refractivity (Wildman–Crippen MR) is 78.9 cm³/mol. The third kappa shape index (κ3) is 4.71. The molecular formula is C17H16FNO. The van der Waals surface area contributed by atoms with Gasteiger partial charge in [-0.1, -0.05) is 55.1 Å². The molecule has 0 bridgehead atoms. The van der Waals surface area contributed by atoms with Crippen molar-refractivity contribution in [1.29, 1.82) is 0 Å². The molecule has 0 atom stereocenters. The standard InChI is InChI=1S/C17H16FNO/c1-14(7-8-15-9-11-17(18)12-10-15)19-20-13-16-5-3-2-4-6-16/h2-12,19H,1,13H2. The van der Waals surface area contributed by atoms with Crippen LogP contribution in [0.5, 0.6) is 0 Å². The van der Waals surface area contributed by atoms with Crippen LogP contribution in [0.25, 0.3) is 6.08 Å². The van der Waals surface area contributed by atoms with E-state index in [9.17, 15) is 4.39 Å². The molecule has 2 nitrogen and oxygen atoms in total. The van der Waals surface area contributed by atoms with E-state index in [1.807, 2.05) is 36.4 Å². The quantitative estimate of drug-likeness (QED) is 0.630. The molecular weight excluding hydrogens is 253 g/mol. The molecule has 0 aliphatic carbocycles. The average Bonchev–Trinajstić information content (AvgIpc) is 2.48. The Morgan fingerprint density at radius 3 is 2.50 bits per heavy atom. The molecule has 0 heterocycles. The van der Waals surface area contributed by atoms with Crippen LogP contribution in [0.1, 0.15) is 11.1 Å². The third-order valence-electron chi connectivity index (χ3n) is 2.63. The van der Waals surface area contributed by atoms with Crippen molar-refractivity contribution in [2.45, 2.75) is 6.61 Å². The lowest BCUT2D eigenvalue weighted by Crippen LogP contribution is -2.11. The number of halogens is 1. The highest BCUT2D eigenvalue weighted by Gasteiger charge is 1.93. The molecule has 3 heteroatoms. The summed E-state index contributed by atoms with van der Waals surface area (Å²) in [5.41, 5.74) is 5.37. The lowest BCUT2D eigenvalue weighted by atomic mass is 10.2. The second kappa shape index (κ2) is 7.26. The lowest BCUT2D eigenvalue weighted by Gasteiger charge is -2.06. The Morgan fingerprint density at radius 2 is 1.80 bits per heavy atom. The monoisotopic (exact) mass is 269 g/mol. The molecule has 102 valence electrons. The predicted octanol–water partition coefficient (Wildman–Crippen LogP) is 4.07. The van der Waals surface area contributed by atoms with E-state index in [0.29, 0.717) is 12.3 Å². The average molecular weight is 269 g/mol. The Hall–Kier alpha value is -2.39. The molecule has 0 saturated carbocycles. The molecule has 0 aliphatic heterocycles. The fourth-order valence-electron chi connectivity index (χ4n) is 1.59. The largest absolute Gasteiger partial charge is 0.271 e. The van der Waals surface area contributed by atoms with Gasteiger partial charge in [-0.05, 0) is 29.3 Å². The molecule has 2 aromatic carbocycles. The SMILES string of the molecule is C=C(C=Cc1ccc(F)cc1)NOCc1ccccc1. The molecule has 0 fully saturated rings. The molecule has 2 rings (SSSR count). The summed E-state index contributed by atoms with van der Waals surface area (Å²) in [6, 6.07) is 16.1. The van der Waals surface area contributed by atoms with Gasteiger partial charge >= 0.3 is 0 Å². The van der Waals surface area contributed by atoms with E-state index in [1.54, 1.807) is 18.2 Å². The van der Waals surface area contributed by atoms with E-state index in [-0.39, 0.29) is 5.82 Å². The van der Waals surface area contributed by atoms with Crippen LogP contribution < -0.4 is 5.48 Å². The Labute approximate surface area is 118 Å². The van der Waals surface area contributed by atoms with Gasteiger partial charge in [-0.25, -0.2) is 4.39 Å². The molecule has 0 amide bonds. The summed E-state index contributed by atoms with van der Waals surface area (Å²) >= 11 is 0. The first-order valence-corrected chi connectivity index (χ1v) is 6.28. The summed E-state index contributed by atoms with van der Waals surface area (Å²) in [5.74, 6) is -0.245. The van der Waals surface area contributed by atoms with E-state index in [1.165, 1.54) is 12.1 Å². The summed E-state index contributed by atoms with van der Waals surface area (Å²) in [4.78, 5) is 5.33. The van der Waals surface area contributed by atoms with Crippen molar-refractivity contribution in [3.05, 3.63) is 89.9 Å². The summed E-state index contributed by atoms with van der Waals surface area (Å²) in [7, 11) is 0. The first kappa shape index (κ1) is 14.0. The van der Waals surface area contributed by atoms with Gasteiger partial charge in [0.2, 0.25) is 0 Å². The topological polar surface area (TPSA) is 21.3 Å². The van der Waals surface area contributed by atoms with Crippen LogP contribution in [0.2, 0.25) is 0 Å². The van der Waals surface area contributed by atoms with E-state index >= 15 is 0 Å². The number of hydrogen-bond donors (Lipinski definition) is 1. The lowest BCUT2D eigenvalue weighted by molar-refractivity contribution is 0.0520. The normalized spacial score (nSPS) is 10.7. The van der Waals surface area contributed by atoms with Crippen LogP contribution in [0.15, 0.2) is 72.9 Å². The molecule has 0 aliphatic rings. The second-order valence-corrected chi connectivity index (χ2v) is 4.29. The van der Waals surface area contributed by atoms with Crippen molar-refractivity contribution in [1.82, 2.24) is 5.48 Å². The minimum Gasteiger partial charge on any atom is -0.271 e. The van der Waals surface area contributed by atoms with Gasteiger partial charge in [-0.2, -0.15) is 0 Å². The van der Waals surface area contributed by atoms with Crippen LogP contribution in [-0.4, -0.2) is 0 Å². The molecule has 0 unspecified atom stereocenters. The second-order valence-electron chi connectivity index (χ2n) is 4.29. The number of benzene rings is 2. The summed E-state index contributed by atoms with van der Waals surface area (Å²) < 4.78 is 12.7. The van der Waals surface area contributed by atoms with E-state index in [2.05, 4.69) is 12.1 Å². The van der Waals surface area contributed by atoms with Crippen molar-refractivity contribution in [2.24, 2.45) is 0 Å². The maximum absolute atomic E-state index is 12.7. The highest BCUT2D eigenvalue weighted by Crippen LogP contribution is 2.06. The van der Waals surface area contributed by atoms with Crippen molar-refractivity contribution in [3.63, 3.8) is 0 Å². The summed E-state index contributed by atoms with van der Waals surface area (Å²) in [5, 5.41) is 0. The van der Waals surface area contributed by atoms with Gasteiger partial charge in [0, 0.05) is 0 Å². The molecule has 1 N–H and O–H groups in total. The van der Waals surface area contributed by atoms with Crippen LogP contribution in [0, 0.1) is 5.82 Å². The minimum atomic E-state index is -0.245. The van der Waals surface area contributed by atoms with Crippen molar-refractivity contribution in [3.8, 4) is 0 Å². The van der Waals surface area contributed by atoms with Crippen LogP contribution in [0.3, 0.4) is 0 Å². The number of allylic oxidation sites excluding steroid dienone is 1. The van der Waals surface area contributed by atoms with Crippen molar-refractivity contribution < 1.29 is 9.23 Å². The number of hydrogen-bond acceptors (Lipinski definition) is 2. The van der Waals surface area contributed by atoms with Gasteiger partial charge in [-0.3, -0.25) is 10.3 Å². The Balaban J connectivity index is 1.76. The minimum absolute atomic E-state index is 0.245. The Morgan fingerprint density at radius 1 is 1.10 bits per heavy atom. The van der Waals surface area contributed by atoms with Crippen LogP contribution in [0.4, 0.5) is 4.39 Å². The summed E-state index contributed by atoms with van der Waals surface area (Å²) in [6.07, 6.45) is 3.61. The number of hydroxylamine groups is 1. The van der Waals surface area contributed by atoms with Crippen molar-refractivity contribution in [2.75, 3.05) is 0 Å². The van der Waals surface area contributed by atoms with E-state index in [0.717, 1.165) is 11.1 Å². The number of rotatable bonds is 6. The molecule has 0 aromatic heterocycles. The molecule has 0 radical (unpaired) electrons. The van der Waals surface area contributed by atoms with E-state index in [4.69, 9.17) is 4.84 Å². The zero-order valence-electron chi connectivity index (χ0n) is 11.1. The highest BCUT2D eigenvalue weighted by molar-refractivity contribution is 5.51. The fourth-order valence-corrected chi connectivity index (χ4v) is 1.59. The van der Waals surface area contributed by atoms with E-state index < -0.39 is 0 Å². The first-order chi connectivity index (χ1) is 9.74. The van der Waals surface area contributed by atoms with Gasteiger partial charge in [0.05, 0.1) is 12.3 Å². The molecule has 0 spiro atoms. The third-order valence-corrected chi connectivity index (χ3v) is 2.63. The Kier molecular flexibility index (Phi) is 5.09. The zero-order chi connectivity index (χ0) is 14.2. The molecule has 0 saturated heterocycles. The summed E-state index contributed by atoms with van der Waals surface area (Å²) in [6.45, 7) is 4.28. The van der Waals surface area contributed by atoms with Gasteiger partial charge in [-0.15, -0.1) is 0 Å².